The van der Waals surface area contributed by atoms with E-state index in [2.05, 4.69) is 111 Å². The lowest BCUT2D eigenvalue weighted by atomic mass is 10.1. The molecule has 408 valence electrons. The second kappa shape index (κ2) is 50.5. The van der Waals surface area contributed by atoms with Gasteiger partial charge in [-0.2, -0.15) is 0 Å². The molecular formula is C61H108N2O7P+. The highest BCUT2D eigenvalue weighted by atomic mass is 31.2. The van der Waals surface area contributed by atoms with Crippen molar-refractivity contribution in [3.63, 3.8) is 0 Å². The number of likely N-dealkylation sites (N-methyl/N-ethyl adjacent to an activating group) is 1. The Morgan fingerprint density at radius 3 is 1.51 bits per heavy atom. The number of quaternary nitrogens is 1. The van der Waals surface area contributed by atoms with E-state index in [-0.39, 0.29) is 31.5 Å². The van der Waals surface area contributed by atoms with Gasteiger partial charge in [0.1, 0.15) is 19.3 Å². The SMILES string of the molecule is CC/C=C/C=C/C=C/CCCCCCCCCC(=O)NC(COP(=O)(O)OCC[N+](C)(C)C)C(/C=C/CCCCCCCCCCC)OC(=O)CCCCC/C=C\C/C=C\C/C=C\C/C=C\CCCCC. The van der Waals surface area contributed by atoms with Gasteiger partial charge in [-0.3, -0.25) is 18.6 Å². The van der Waals surface area contributed by atoms with E-state index in [0.29, 0.717) is 23.9 Å². The number of hydrogen-bond acceptors (Lipinski definition) is 6. The highest BCUT2D eigenvalue weighted by Crippen LogP contribution is 2.43. The molecule has 0 aliphatic carbocycles. The average Bonchev–Trinajstić information content (AvgIpc) is 3.33. The number of allylic oxidation sites excluding steroid dienone is 15. The van der Waals surface area contributed by atoms with Crippen LogP contribution in [0.1, 0.15) is 226 Å². The van der Waals surface area contributed by atoms with Gasteiger partial charge in [-0.25, -0.2) is 4.57 Å². The third kappa shape index (κ3) is 51.6. The van der Waals surface area contributed by atoms with Gasteiger partial charge >= 0.3 is 13.8 Å². The maximum absolute atomic E-state index is 13.5. The number of unbranched alkanes of at least 4 members (excludes halogenated alkanes) is 22. The van der Waals surface area contributed by atoms with Crippen LogP contribution in [0.3, 0.4) is 0 Å². The van der Waals surface area contributed by atoms with Crippen molar-refractivity contribution < 1.29 is 37.3 Å². The highest BCUT2D eigenvalue weighted by Gasteiger charge is 2.30. The predicted octanol–water partition coefficient (Wildman–Crippen LogP) is 17.2. The van der Waals surface area contributed by atoms with E-state index >= 15 is 0 Å². The summed E-state index contributed by atoms with van der Waals surface area (Å²) < 4.78 is 30.6. The lowest BCUT2D eigenvalue weighted by molar-refractivity contribution is -0.870. The van der Waals surface area contributed by atoms with Crippen molar-refractivity contribution in [2.45, 2.75) is 238 Å². The molecule has 3 unspecified atom stereocenters. The van der Waals surface area contributed by atoms with Gasteiger partial charge in [0.15, 0.2) is 0 Å². The maximum Gasteiger partial charge on any atom is 0.472 e. The van der Waals surface area contributed by atoms with Gasteiger partial charge < -0.3 is 19.4 Å². The molecule has 1 amide bonds. The summed E-state index contributed by atoms with van der Waals surface area (Å²) in [6, 6.07) is -0.872. The number of nitrogens with one attached hydrogen (secondary N) is 1. The molecule has 0 aliphatic rings. The summed E-state index contributed by atoms with van der Waals surface area (Å²) in [5.74, 6) is -0.563. The molecule has 0 fully saturated rings. The molecule has 0 aromatic carbocycles. The molecule has 0 saturated carbocycles. The number of esters is 1. The molecule has 0 spiro atoms. The van der Waals surface area contributed by atoms with Crippen LogP contribution < -0.4 is 5.32 Å². The number of hydrogen-bond donors (Lipinski definition) is 2. The zero-order valence-corrected chi connectivity index (χ0v) is 47.3. The van der Waals surface area contributed by atoms with Crippen molar-refractivity contribution in [2.75, 3.05) is 40.9 Å². The monoisotopic (exact) mass is 1010 g/mol. The van der Waals surface area contributed by atoms with Gasteiger partial charge in [0.2, 0.25) is 5.91 Å². The molecular weight excluding hydrogens is 904 g/mol. The minimum atomic E-state index is -4.46. The Labute approximate surface area is 437 Å². The Balaban J connectivity index is 5.40. The van der Waals surface area contributed by atoms with Crippen LogP contribution in [0, 0.1) is 0 Å². The number of phosphoric ester groups is 1. The summed E-state index contributed by atoms with van der Waals surface area (Å²) in [4.78, 5) is 37.6. The first kappa shape index (κ1) is 67.9. The standard InChI is InChI=1S/C61H107N2O7P/c1-7-10-13-16-19-22-25-27-29-30-31-32-34-36-39-42-45-48-51-54-61(65)70-59(52-49-46-43-40-37-24-21-18-15-12-9-3)58(57-69-71(66,67)68-56-55-63(4,5)6)62-60(64)53-50-47-44-41-38-35-33-28-26-23-20-17-14-11-8-2/h11,14,17,19-20,22-23,26-27,29,31-32,36,39,49,52,58-59H,7-10,12-13,15-16,18,21,24-25,28,30,33-35,37-38,40-48,50-51,53-57H2,1-6H3,(H-,62,64,66,67)/p+1/b14-11+,20-17+,22-19-,26-23+,29-27-,32-31-,39-36-,52-49+. The smallest absolute Gasteiger partial charge is 0.456 e. The van der Waals surface area contributed by atoms with E-state index in [1.54, 1.807) is 0 Å². The third-order valence-corrected chi connectivity index (χ3v) is 13.1. The topological polar surface area (TPSA) is 111 Å². The zero-order valence-electron chi connectivity index (χ0n) is 46.4. The fourth-order valence-corrected chi connectivity index (χ4v) is 8.36. The summed E-state index contributed by atoms with van der Waals surface area (Å²) in [6.45, 7) is 6.80. The highest BCUT2D eigenvalue weighted by molar-refractivity contribution is 7.47. The summed E-state index contributed by atoms with van der Waals surface area (Å²) >= 11 is 0. The molecule has 0 saturated heterocycles. The van der Waals surface area contributed by atoms with Crippen LogP contribution in [0.25, 0.3) is 0 Å². The quantitative estimate of drug-likeness (QED) is 0.0156. The van der Waals surface area contributed by atoms with Crippen LogP contribution in [-0.4, -0.2) is 74.3 Å². The maximum atomic E-state index is 13.5. The van der Waals surface area contributed by atoms with Gasteiger partial charge in [0.05, 0.1) is 33.8 Å². The van der Waals surface area contributed by atoms with Crippen LogP contribution in [0.5, 0.6) is 0 Å². The van der Waals surface area contributed by atoms with Gasteiger partial charge in [-0.05, 0) is 96.0 Å². The molecule has 3 atom stereocenters. The minimum absolute atomic E-state index is 0.0274. The minimum Gasteiger partial charge on any atom is -0.456 e. The van der Waals surface area contributed by atoms with E-state index in [4.69, 9.17) is 13.8 Å². The normalized spacial score (nSPS) is 14.5. The largest absolute Gasteiger partial charge is 0.472 e. The molecule has 0 rings (SSSR count). The predicted molar refractivity (Wildman–Crippen MR) is 304 cm³/mol. The first-order valence-corrected chi connectivity index (χ1v) is 30.1. The van der Waals surface area contributed by atoms with E-state index in [1.807, 2.05) is 33.3 Å². The Kier molecular flexibility index (Phi) is 48.3. The number of rotatable bonds is 50. The molecule has 0 bridgehead atoms. The van der Waals surface area contributed by atoms with Crippen molar-refractivity contribution in [1.82, 2.24) is 5.32 Å². The lowest BCUT2D eigenvalue weighted by Gasteiger charge is -2.27. The first-order valence-electron chi connectivity index (χ1n) is 28.6. The summed E-state index contributed by atoms with van der Waals surface area (Å²) in [7, 11) is 1.45. The molecule has 2 N–H and O–H groups in total. The Morgan fingerprint density at radius 2 is 0.958 bits per heavy atom. The molecule has 10 heteroatoms. The number of carbonyl (C=O) groups is 2. The molecule has 71 heavy (non-hydrogen) atoms. The van der Waals surface area contributed by atoms with E-state index < -0.39 is 20.0 Å². The van der Waals surface area contributed by atoms with Crippen LogP contribution in [-0.2, 0) is 27.9 Å². The summed E-state index contributed by atoms with van der Waals surface area (Å²) in [5.41, 5.74) is 0. The number of ether oxygens (including phenoxy) is 1. The van der Waals surface area contributed by atoms with Gasteiger partial charge in [0, 0.05) is 12.8 Å². The molecule has 0 aliphatic heterocycles. The second-order valence-electron chi connectivity index (χ2n) is 20.1. The number of nitrogens with zero attached hydrogens (tertiary/aromatic N) is 1. The van der Waals surface area contributed by atoms with E-state index in [0.717, 1.165) is 96.3 Å². The zero-order chi connectivity index (χ0) is 52.2. The Hall–Kier alpha value is -3.07. The Morgan fingerprint density at radius 1 is 0.521 bits per heavy atom. The van der Waals surface area contributed by atoms with E-state index in [9.17, 15) is 19.0 Å². The molecule has 0 aromatic heterocycles. The fourth-order valence-electron chi connectivity index (χ4n) is 7.63. The van der Waals surface area contributed by atoms with Crippen LogP contribution in [0.2, 0.25) is 0 Å². The van der Waals surface area contributed by atoms with Crippen LogP contribution >= 0.6 is 7.82 Å². The van der Waals surface area contributed by atoms with Crippen LogP contribution in [0.4, 0.5) is 0 Å². The average molecular weight is 1010 g/mol. The van der Waals surface area contributed by atoms with Crippen molar-refractivity contribution in [3.05, 3.63) is 97.2 Å². The van der Waals surface area contributed by atoms with Crippen molar-refractivity contribution >= 4 is 19.7 Å². The molecule has 0 heterocycles. The molecule has 0 radical (unpaired) electrons. The number of amides is 1. The van der Waals surface area contributed by atoms with Crippen LogP contribution in [0.15, 0.2) is 97.2 Å². The summed E-state index contributed by atoms with van der Waals surface area (Å²) in [6.07, 6.45) is 66.9. The van der Waals surface area contributed by atoms with Crippen molar-refractivity contribution in [3.8, 4) is 0 Å². The fraction of sp³-hybridized carbons (Fsp3) is 0.705. The van der Waals surface area contributed by atoms with Gasteiger partial charge in [-0.15, -0.1) is 0 Å². The van der Waals surface area contributed by atoms with E-state index in [1.165, 1.54) is 89.9 Å². The summed E-state index contributed by atoms with van der Waals surface area (Å²) in [5, 5.41) is 3.03. The number of phosphoric acid groups is 1. The lowest BCUT2D eigenvalue weighted by Crippen LogP contribution is -2.47. The van der Waals surface area contributed by atoms with Crippen molar-refractivity contribution in [2.24, 2.45) is 0 Å². The third-order valence-electron chi connectivity index (χ3n) is 12.1. The van der Waals surface area contributed by atoms with Gasteiger partial charge in [0.25, 0.3) is 0 Å². The first-order chi connectivity index (χ1) is 34.4. The molecule has 0 aromatic rings. The molecule has 9 nitrogen and oxygen atoms in total. The van der Waals surface area contributed by atoms with Gasteiger partial charge in [-0.1, -0.05) is 215 Å². The second-order valence-corrected chi connectivity index (χ2v) is 21.6. The Bertz CT molecular complexity index is 1540. The van der Waals surface area contributed by atoms with Crippen molar-refractivity contribution in [1.29, 1.82) is 0 Å². The number of carbonyl (C=O) groups excluding carboxylic acids is 2.